The molecular formula is C9H17N3O2. The summed E-state index contributed by atoms with van der Waals surface area (Å²) < 4.78 is 0. The molecule has 0 radical (unpaired) electrons. The normalized spacial score (nSPS) is 18.4. The van der Waals surface area contributed by atoms with Gasteiger partial charge in [0.05, 0.1) is 0 Å². The molecule has 1 atom stereocenters. The Morgan fingerprint density at radius 1 is 1.57 bits per heavy atom. The van der Waals surface area contributed by atoms with Gasteiger partial charge in [0.25, 0.3) is 0 Å². The highest BCUT2D eigenvalue weighted by molar-refractivity contribution is 5.80. The van der Waals surface area contributed by atoms with Crippen LogP contribution in [-0.4, -0.2) is 31.4 Å². The maximum absolute atomic E-state index is 11.5. The molecule has 1 unspecified atom stereocenters. The molecule has 0 aromatic rings. The molecule has 4 N–H and O–H groups in total. The molecule has 1 aliphatic heterocycles. The molecule has 5 nitrogen and oxygen atoms in total. The first-order chi connectivity index (χ1) is 6.61. The molecule has 2 amide bonds. The van der Waals surface area contributed by atoms with Crippen LogP contribution in [0.5, 0.6) is 0 Å². The van der Waals surface area contributed by atoms with Crippen molar-refractivity contribution < 1.29 is 9.59 Å². The number of hydrogen-bond acceptors (Lipinski definition) is 3. The Hall–Kier alpha value is -1.10. The first-order valence-corrected chi connectivity index (χ1v) is 4.88. The van der Waals surface area contributed by atoms with Gasteiger partial charge in [-0.1, -0.05) is 6.92 Å². The maximum Gasteiger partial charge on any atom is 0.223 e. The lowest BCUT2D eigenvalue weighted by atomic mass is 9.88. The van der Waals surface area contributed by atoms with E-state index in [2.05, 4.69) is 10.6 Å². The Balaban J connectivity index is 2.16. The fraction of sp³-hybridized carbons (Fsp3) is 0.778. The van der Waals surface area contributed by atoms with Crippen molar-refractivity contribution in [3.05, 3.63) is 0 Å². The summed E-state index contributed by atoms with van der Waals surface area (Å²) in [5, 5.41) is 5.81. The van der Waals surface area contributed by atoms with Gasteiger partial charge in [-0.2, -0.15) is 0 Å². The quantitative estimate of drug-likeness (QED) is 0.522. The molecule has 0 aliphatic carbocycles. The fourth-order valence-electron chi connectivity index (χ4n) is 1.35. The standard InChI is InChI=1S/C9H17N3O2/c1-6(7-4-11-5-7)9(14)12-3-2-8(10)13/h6-7,11H,2-5H2,1H3,(H2,10,13)(H,12,14). The van der Waals surface area contributed by atoms with E-state index in [1.807, 2.05) is 6.92 Å². The summed E-state index contributed by atoms with van der Waals surface area (Å²) in [5.74, 6) is 0.0775. The van der Waals surface area contributed by atoms with Crippen LogP contribution < -0.4 is 16.4 Å². The fourth-order valence-corrected chi connectivity index (χ4v) is 1.35. The number of primary amides is 1. The molecule has 0 bridgehead atoms. The number of carbonyl (C=O) groups excluding carboxylic acids is 2. The summed E-state index contributed by atoms with van der Waals surface area (Å²) in [6.07, 6.45) is 0.210. The first-order valence-electron chi connectivity index (χ1n) is 4.88. The third-order valence-electron chi connectivity index (χ3n) is 2.60. The molecular weight excluding hydrogens is 182 g/mol. The minimum absolute atomic E-state index is 0.0118. The van der Waals surface area contributed by atoms with Crippen molar-refractivity contribution in [2.75, 3.05) is 19.6 Å². The monoisotopic (exact) mass is 199 g/mol. The Labute approximate surface area is 83.4 Å². The van der Waals surface area contributed by atoms with Crippen molar-refractivity contribution in [1.82, 2.24) is 10.6 Å². The lowest BCUT2D eigenvalue weighted by Gasteiger charge is -2.31. The van der Waals surface area contributed by atoms with E-state index in [0.29, 0.717) is 12.5 Å². The van der Waals surface area contributed by atoms with E-state index < -0.39 is 0 Å². The van der Waals surface area contributed by atoms with E-state index in [4.69, 9.17) is 5.73 Å². The number of hydrogen-bond donors (Lipinski definition) is 3. The van der Waals surface area contributed by atoms with Gasteiger partial charge in [-0.3, -0.25) is 9.59 Å². The first kappa shape index (κ1) is 11.0. The molecule has 80 valence electrons. The average molecular weight is 199 g/mol. The molecule has 1 rings (SSSR count). The van der Waals surface area contributed by atoms with Crippen LogP contribution in [0.4, 0.5) is 0 Å². The van der Waals surface area contributed by atoms with Crippen molar-refractivity contribution in [3.63, 3.8) is 0 Å². The Kier molecular flexibility index (Phi) is 3.88. The summed E-state index contributed by atoms with van der Waals surface area (Å²) in [5.41, 5.74) is 4.95. The summed E-state index contributed by atoms with van der Waals surface area (Å²) in [4.78, 5) is 21.9. The number of carbonyl (C=O) groups is 2. The van der Waals surface area contributed by atoms with Gasteiger partial charge in [0, 0.05) is 18.9 Å². The Morgan fingerprint density at radius 2 is 2.21 bits per heavy atom. The Morgan fingerprint density at radius 3 is 2.64 bits per heavy atom. The van der Waals surface area contributed by atoms with E-state index in [-0.39, 0.29) is 24.2 Å². The molecule has 0 aromatic carbocycles. The van der Waals surface area contributed by atoms with Gasteiger partial charge in [0.15, 0.2) is 0 Å². The van der Waals surface area contributed by atoms with Crippen LogP contribution in [0.3, 0.4) is 0 Å². The van der Waals surface area contributed by atoms with Crippen molar-refractivity contribution >= 4 is 11.8 Å². The summed E-state index contributed by atoms with van der Waals surface area (Å²) in [6, 6.07) is 0. The molecule has 14 heavy (non-hydrogen) atoms. The molecule has 0 spiro atoms. The predicted molar refractivity (Wildman–Crippen MR) is 52.3 cm³/mol. The summed E-state index contributed by atoms with van der Waals surface area (Å²) in [7, 11) is 0. The Bertz CT molecular complexity index is 226. The van der Waals surface area contributed by atoms with Crippen LogP contribution in [0.15, 0.2) is 0 Å². The second kappa shape index (κ2) is 4.95. The van der Waals surface area contributed by atoms with E-state index in [1.54, 1.807) is 0 Å². The minimum atomic E-state index is -0.386. The molecule has 0 saturated carbocycles. The minimum Gasteiger partial charge on any atom is -0.370 e. The SMILES string of the molecule is CC(C(=O)NCCC(N)=O)C1CNC1. The highest BCUT2D eigenvalue weighted by atomic mass is 16.2. The van der Waals surface area contributed by atoms with Crippen LogP contribution in [0.1, 0.15) is 13.3 Å². The van der Waals surface area contributed by atoms with Gasteiger partial charge >= 0.3 is 0 Å². The number of nitrogens with one attached hydrogen (secondary N) is 2. The van der Waals surface area contributed by atoms with Gasteiger partial charge in [-0.05, 0) is 19.0 Å². The molecule has 1 heterocycles. The molecule has 1 saturated heterocycles. The lowest BCUT2D eigenvalue weighted by molar-refractivity contribution is -0.126. The van der Waals surface area contributed by atoms with E-state index in [0.717, 1.165) is 13.1 Å². The highest BCUT2D eigenvalue weighted by Gasteiger charge is 2.28. The smallest absolute Gasteiger partial charge is 0.223 e. The van der Waals surface area contributed by atoms with Gasteiger partial charge in [0.2, 0.25) is 11.8 Å². The number of nitrogens with two attached hydrogens (primary N) is 1. The second-order valence-electron chi connectivity index (χ2n) is 3.71. The average Bonchev–Trinajstić information content (AvgIpc) is 2.00. The lowest BCUT2D eigenvalue weighted by Crippen LogP contribution is -2.49. The number of amides is 2. The van der Waals surface area contributed by atoms with Crippen LogP contribution in [-0.2, 0) is 9.59 Å². The highest BCUT2D eigenvalue weighted by Crippen LogP contribution is 2.15. The maximum atomic E-state index is 11.5. The van der Waals surface area contributed by atoms with Gasteiger partial charge in [-0.25, -0.2) is 0 Å². The van der Waals surface area contributed by atoms with Crippen molar-refractivity contribution in [2.45, 2.75) is 13.3 Å². The zero-order valence-corrected chi connectivity index (χ0v) is 8.38. The van der Waals surface area contributed by atoms with Gasteiger partial charge in [-0.15, -0.1) is 0 Å². The molecule has 1 aliphatic rings. The zero-order chi connectivity index (χ0) is 10.6. The largest absolute Gasteiger partial charge is 0.370 e. The van der Waals surface area contributed by atoms with Crippen LogP contribution in [0.2, 0.25) is 0 Å². The predicted octanol–water partition coefficient (Wildman–Crippen LogP) is -1.17. The van der Waals surface area contributed by atoms with Crippen molar-refractivity contribution in [1.29, 1.82) is 0 Å². The van der Waals surface area contributed by atoms with Gasteiger partial charge in [0.1, 0.15) is 0 Å². The van der Waals surface area contributed by atoms with Crippen molar-refractivity contribution in [3.8, 4) is 0 Å². The van der Waals surface area contributed by atoms with E-state index >= 15 is 0 Å². The third-order valence-corrected chi connectivity index (χ3v) is 2.60. The summed E-state index contributed by atoms with van der Waals surface area (Å²) in [6.45, 7) is 4.07. The van der Waals surface area contributed by atoms with E-state index in [1.165, 1.54) is 0 Å². The molecule has 0 aromatic heterocycles. The topological polar surface area (TPSA) is 84.2 Å². The summed E-state index contributed by atoms with van der Waals surface area (Å²) >= 11 is 0. The zero-order valence-electron chi connectivity index (χ0n) is 8.38. The molecule has 5 heteroatoms. The van der Waals surface area contributed by atoms with Crippen LogP contribution in [0, 0.1) is 11.8 Å². The third kappa shape index (κ3) is 2.99. The van der Waals surface area contributed by atoms with Crippen LogP contribution in [0.25, 0.3) is 0 Å². The van der Waals surface area contributed by atoms with E-state index in [9.17, 15) is 9.59 Å². The second-order valence-corrected chi connectivity index (χ2v) is 3.71. The molecule has 1 fully saturated rings. The number of rotatable bonds is 5. The van der Waals surface area contributed by atoms with Crippen molar-refractivity contribution in [2.24, 2.45) is 17.6 Å². The van der Waals surface area contributed by atoms with Crippen LogP contribution >= 0.6 is 0 Å². The van der Waals surface area contributed by atoms with Gasteiger partial charge < -0.3 is 16.4 Å².